The van der Waals surface area contributed by atoms with Gasteiger partial charge >= 0.3 is 0 Å². The molecule has 0 N–H and O–H groups in total. The van der Waals surface area contributed by atoms with E-state index in [1.807, 2.05) is 0 Å². The molecule has 0 bridgehead atoms. The van der Waals surface area contributed by atoms with Crippen LogP contribution in [0.4, 0.5) is 0 Å². The Kier molecular flexibility index (Phi) is 4.77. The minimum Gasteiger partial charge on any atom is -0.298 e. The van der Waals surface area contributed by atoms with Crippen molar-refractivity contribution in [1.29, 1.82) is 0 Å². The molecule has 0 saturated carbocycles. The molecule has 1 radical (unpaired) electrons. The molecule has 1 aliphatic heterocycles. The van der Waals surface area contributed by atoms with Crippen molar-refractivity contribution in [3.8, 4) is 0 Å². The van der Waals surface area contributed by atoms with Crippen molar-refractivity contribution >= 4 is 6.08 Å². The maximum atomic E-state index is 4.43. The van der Waals surface area contributed by atoms with Gasteiger partial charge in [0.1, 0.15) is 0 Å². The van der Waals surface area contributed by atoms with Crippen LogP contribution in [-0.4, -0.2) is 37.6 Å². The van der Waals surface area contributed by atoms with E-state index >= 15 is 0 Å². The summed E-state index contributed by atoms with van der Waals surface area (Å²) >= 11 is 0. The van der Waals surface area contributed by atoms with Crippen molar-refractivity contribution in [3.05, 3.63) is 41.5 Å². The Morgan fingerprint density at radius 2 is 2.00 bits per heavy atom. The van der Waals surface area contributed by atoms with E-state index in [1.54, 1.807) is 0 Å². The molecule has 1 aliphatic rings. The van der Waals surface area contributed by atoms with Crippen molar-refractivity contribution < 1.29 is 0 Å². The Bertz CT molecular complexity index is 346. The highest BCUT2D eigenvalue weighted by Crippen LogP contribution is 2.05. The van der Waals surface area contributed by atoms with Gasteiger partial charge in [0.2, 0.25) is 0 Å². The van der Waals surface area contributed by atoms with Crippen molar-refractivity contribution in [2.45, 2.75) is 13.3 Å². The summed E-state index contributed by atoms with van der Waals surface area (Å²) in [6, 6.07) is 8.65. The van der Waals surface area contributed by atoms with Crippen LogP contribution < -0.4 is 5.32 Å². The number of hydrogen-bond acceptors (Lipinski definition) is 1. The summed E-state index contributed by atoms with van der Waals surface area (Å²) < 4.78 is 0. The summed E-state index contributed by atoms with van der Waals surface area (Å²) in [5.74, 6) is 0. The van der Waals surface area contributed by atoms with E-state index in [1.165, 1.54) is 24.1 Å². The molecule has 91 valence electrons. The van der Waals surface area contributed by atoms with Gasteiger partial charge in [-0.1, -0.05) is 42.0 Å². The quantitative estimate of drug-likeness (QED) is 0.777. The van der Waals surface area contributed by atoms with Gasteiger partial charge in [-0.15, -0.1) is 0 Å². The zero-order valence-corrected chi connectivity index (χ0v) is 10.6. The monoisotopic (exact) mass is 229 g/mol. The first-order valence-electron chi connectivity index (χ1n) is 6.43. The van der Waals surface area contributed by atoms with Crippen molar-refractivity contribution in [3.63, 3.8) is 0 Å². The standard InChI is InChI=1S/C15H21N2/c1-14-5-7-15(8-6-14)4-2-11-17-12-3-9-16-10-13-17/h2,4-8H,3,9-13H2,1H3. The summed E-state index contributed by atoms with van der Waals surface area (Å²) in [5, 5.41) is 4.43. The highest BCUT2D eigenvalue weighted by Gasteiger charge is 2.06. The Morgan fingerprint density at radius 1 is 1.18 bits per heavy atom. The first-order chi connectivity index (χ1) is 8.34. The van der Waals surface area contributed by atoms with Crippen molar-refractivity contribution in [1.82, 2.24) is 10.2 Å². The molecule has 1 saturated heterocycles. The molecule has 1 aromatic carbocycles. The molecule has 2 nitrogen and oxygen atoms in total. The smallest absolute Gasteiger partial charge is 0.0261 e. The highest BCUT2D eigenvalue weighted by molar-refractivity contribution is 5.49. The second-order valence-corrected chi connectivity index (χ2v) is 4.64. The van der Waals surface area contributed by atoms with Crippen LogP contribution in [-0.2, 0) is 0 Å². The van der Waals surface area contributed by atoms with E-state index in [-0.39, 0.29) is 0 Å². The molecule has 2 rings (SSSR count). The first kappa shape index (κ1) is 12.3. The molecule has 0 atom stereocenters. The maximum absolute atomic E-state index is 4.43. The lowest BCUT2D eigenvalue weighted by Crippen LogP contribution is -2.27. The zero-order chi connectivity index (χ0) is 11.9. The van der Waals surface area contributed by atoms with Crippen LogP contribution in [0, 0.1) is 6.92 Å². The SMILES string of the molecule is Cc1ccc(C=CCN2CCC[N]CC2)cc1. The molecule has 0 aliphatic carbocycles. The van der Waals surface area contributed by atoms with Crippen LogP contribution in [0.3, 0.4) is 0 Å². The second-order valence-electron chi connectivity index (χ2n) is 4.64. The molecule has 0 amide bonds. The fourth-order valence-electron chi connectivity index (χ4n) is 2.04. The Balaban J connectivity index is 1.82. The Labute approximate surface area is 104 Å². The van der Waals surface area contributed by atoms with Crippen LogP contribution in [0.2, 0.25) is 0 Å². The predicted octanol–water partition coefficient (Wildman–Crippen LogP) is 2.32. The molecule has 0 unspecified atom stereocenters. The van der Waals surface area contributed by atoms with E-state index in [2.05, 4.69) is 53.6 Å². The molecule has 1 fully saturated rings. The molecule has 17 heavy (non-hydrogen) atoms. The van der Waals surface area contributed by atoms with E-state index in [9.17, 15) is 0 Å². The van der Waals surface area contributed by atoms with Gasteiger partial charge in [0, 0.05) is 26.2 Å². The third-order valence-corrected chi connectivity index (χ3v) is 3.12. The van der Waals surface area contributed by atoms with Crippen molar-refractivity contribution in [2.24, 2.45) is 0 Å². The van der Waals surface area contributed by atoms with Gasteiger partial charge in [0.05, 0.1) is 0 Å². The van der Waals surface area contributed by atoms with E-state index in [0.717, 1.165) is 26.2 Å². The van der Waals surface area contributed by atoms with Gasteiger partial charge in [0.15, 0.2) is 0 Å². The average Bonchev–Trinajstić information content (AvgIpc) is 2.60. The third-order valence-electron chi connectivity index (χ3n) is 3.12. The van der Waals surface area contributed by atoms with Gasteiger partial charge < -0.3 is 0 Å². The Hall–Kier alpha value is -1.12. The first-order valence-corrected chi connectivity index (χ1v) is 6.43. The summed E-state index contributed by atoms with van der Waals surface area (Å²) in [6.07, 6.45) is 5.68. The van der Waals surface area contributed by atoms with Crippen LogP contribution in [0.25, 0.3) is 6.08 Å². The van der Waals surface area contributed by atoms with Gasteiger partial charge in [-0.05, 0) is 25.5 Å². The van der Waals surface area contributed by atoms with E-state index in [4.69, 9.17) is 0 Å². The number of rotatable bonds is 3. The fourth-order valence-corrected chi connectivity index (χ4v) is 2.04. The van der Waals surface area contributed by atoms with Gasteiger partial charge in [0.25, 0.3) is 0 Å². The normalized spacial score (nSPS) is 18.4. The van der Waals surface area contributed by atoms with Gasteiger partial charge in [-0.2, -0.15) is 0 Å². The summed E-state index contributed by atoms with van der Waals surface area (Å²) in [5.41, 5.74) is 2.60. The number of hydrogen-bond donors (Lipinski definition) is 0. The number of aryl methyl sites for hydroxylation is 1. The highest BCUT2D eigenvalue weighted by atomic mass is 15.1. The van der Waals surface area contributed by atoms with Crippen LogP contribution in [0.1, 0.15) is 17.5 Å². The molecular weight excluding hydrogens is 208 g/mol. The average molecular weight is 229 g/mol. The molecule has 2 heteroatoms. The third kappa shape index (κ3) is 4.33. The van der Waals surface area contributed by atoms with Crippen LogP contribution in [0.15, 0.2) is 30.3 Å². The van der Waals surface area contributed by atoms with Crippen LogP contribution >= 0.6 is 0 Å². The summed E-state index contributed by atoms with van der Waals surface area (Å²) in [6.45, 7) is 7.49. The summed E-state index contributed by atoms with van der Waals surface area (Å²) in [4.78, 5) is 2.47. The largest absolute Gasteiger partial charge is 0.298 e. The topological polar surface area (TPSA) is 17.3 Å². The lowest BCUT2D eigenvalue weighted by molar-refractivity contribution is 0.324. The molecular formula is C15H21N2. The van der Waals surface area contributed by atoms with Gasteiger partial charge in [-0.25, -0.2) is 5.32 Å². The van der Waals surface area contributed by atoms with E-state index in [0.29, 0.717) is 0 Å². The molecule has 0 aromatic heterocycles. The van der Waals surface area contributed by atoms with Gasteiger partial charge in [-0.3, -0.25) is 4.90 Å². The minimum atomic E-state index is 0.998. The number of benzene rings is 1. The minimum absolute atomic E-state index is 0.998. The van der Waals surface area contributed by atoms with E-state index < -0.39 is 0 Å². The summed E-state index contributed by atoms with van der Waals surface area (Å²) in [7, 11) is 0. The molecule has 1 heterocycles. The lowest BCUT2D eigenvalue weighted by Gasteiger charge is -2.16. The number of nitrogens with zero attached hydrogens (tertiary/aromatic N) is 2. The predicted molar refractivity (Wildman–Crippen MR) is 73.1 cm³/mol. The zero-order valence-electron chi connectivity index (χ0n) is 10.6. The lowest BCUT2D eigenvalue weighted by atomic mass is 10.1. The second kappa shape index (κ2) is 6.58. The molecule has 1 aromatic rings. The fraction of sp³-hybridized carbons (Fsp3) is 0.467. The maximum Gasteiger partial charge on any atom is 0.0261 e. The van der Waals surface area contributed by atoms with Crippen molar-refractivity contribution in [2.75, 3.05) is 32.7 Å². The molecule has 0 spiro atoms. The Morgan fingerprint density at radius 3 is 2.82 bits per heavy atom. The van der Waals surface area contributed by atoms with Crippen LogP contribution in [0.5, 0.6) is 0 Å².